The standard InChI is InChI=1S/C15H24N2O3/c1-4-18-15-13-5-6-14(15)19-8-7-17(13)9-12-10(2)16-20-11(12)3/h13-15H,4-9H2,1-3H3/t13-,14-,15-/m1/s1. The summed E-state index contributed by atoms with van der Waals surface area (Å²) in [6.07, 6.45) is 2.74. The normalized spacial score (nSPS) is 30.6. The van der Waals surface area contributed by atoms with Gasteiger partial charge in [0.15, 0.2) is 0 Å². The van der Waals surface area contributed by atoms with Gasteiger partial charge in [0.1, 0.15) is 5.76 Å². The SMILES string of the molecule is CCO[C@@H]1[C@H]2CC[C@H]1OCCN2Cc1c(C)noc1C. The molecule has 112 valence electrons. The van der Waals surface area contributed by atoms with Gasteiger partial charge in [0.25, 0.3) is 0 Å². The van der Waals surface area contributed by atoms with Gasteiger partial charge in [0.05, 0.1) is 24.5 Å². The van der Waals surface area contributed by atoms with Gasteiger partial charge in [-0.25, -0.2) is 0 Å². The quantitative estimate of drug-likeness (QED) is 0.845. The summed E-state index contributed by atoms with van der Waals surface area (Å²) in [7, 11) is 0. The minimum atomic E-state index is 0.211. The molecule has 0 amide bonds. The molecule has 2 fully saturated rings. The van der Waals surface area contributed by atoms with Crippen LogP contribution in [0.5, 0.6) is 0 Å². The monoisotopic (exact) mass is 280 g/mol. The Morgan fingerprint density at radius 2 is 2.20 bits per heavy atom. The highest BCUT2D eigenvalue weighted by molar-refractivity contribution is 5.21. The molecular formula is C15H24N2O3. The van der Waals surface area contributed by atoms with E-state index >= 15 is 0 Å². The highest BCUT2D eigenvalue weighted by Crippen LogP contribution is 2.33. The van der Waals surface area contributed by atoms with Crippen molar-refractivity contribution < 1.29 is 14.0 Å². The zero-order valence-electron chi connectivity index (χ0n) is 12.6. The van der Waals surface area contributed by atoms with Crippen molar-refractivity contribution in [2.75, 3.05) is 19.8 Å². The van der Waals surface area contributed by atoms with Gasteiger partial charge in [-0.15, -0.1) is 0 Å². The number of ether oxygens (including phenoxy) is 2. The van der Waals surface area contributed by atoms with Gasteiger partial charge in [0.2, 0.25) is 0 Å². The van der Waals surface area contributed by atoms with Crippen LogP contribution in [0.1, 0.15) is 36.8 Å². The summed E-state index contributed by atoms with van der Waals surface area (Å²) in [5, 5.41) is 4.06. The number of rotatable bonds is 4. The maximum atomic E-state index is 5.96. The topological polar surface area (TPSA) is 47.7 Å². The van der Waals surface area contributed by atoms with E-state index in [1.54, 1.807) is 0 Å². The summed E-state index contributed by atoms with van der Waals surface area (Å²) in [5.74, 6) is 0.926. The van der Waals surface area contributed by atoms with Crippen LogP contribution in [0.25, 0.3) is 0 Å². The molecule has 3 rings (SSSR count). The molecule has 3 atom stereocenters. The Morgan fingerprint density at radius 1 is 1.35 bits per heavy atom. The lowest BCUT2D eigenvalue weighted by atomic mass is 10.1. The van der Waals surface area contributed by atoms with E-state index in [-0.39, 0.29) is 12.2 Å². The first-order valence-electron chi connectivity index (χ1n) is 7.59. The molecule has 1 aliphatic carbocycles. The van der Waals surface area contributed by atoms with Crippen LogP contribution in [-0.2, 0) is 16.0 Å². The number of fused-ring (bicyclic) bond motifs is 2. The summed E-state index contributed by atoms with van der Waals surface area (Å²) in [6, 6.07) is 0.455. The fourth-order valence-corrected chi connectivity index (χ4v) is 3.50. The predicted octanol–water partition coefficient (Wildman–Crippen LogP) is 2.06. The van der Waals surface area contributed by atoms with Crippen molar-refractivity contribution in [3.8, 4) is 0 Å². The van der Waals surface area contributed by atoms with Crippen molar-refractivity contribution in [2.45, 2.75) is 58.4 Å². The Labute approximate surface area is 120 Å². The lowest BCUT2D eigenvalue weighted by Gasteiger charge is -2.30. The fraction of sp³-hybridized carbons (Fsp3) is 0.800. The molecule has 0 N–H and O–H groups in total. The van der Waals surface area contributed by atoms with E-state index in [1.165, 1.54) is 5.56 Å². The summed E-state index contributed by atoms with van der Waals surface area (Å²) in [5.41, 5.74) is 2.21. The second-order valence-corrected chi connectivity index (χ2v) is 5.75. The molecule has 5 heteroatoms. The van der Waals surface area contributed by atoms with Crippen LogP contribution >= 0.6 is 0 Å². The Bertz CT molecular complexity index is 440. The Morgan fingerprint density at radius 3 is 2.90 bits per heavy atom. The molecule has 20 heavy (non-hydrogen) atoms. The van der Waals surface area contributed by atoms with E-state index in [2.05, 4.69) is 17.0 Å². The fourth-order valence-electron chi connectivity index (χ4n) is 3.50. The lowest BCUT2D eigenvalue weighted by molar-refractivity contribution is -0.0498. The van der Waals surface area contributed by atoms with E-state index in [9.17, 15) is 0 Å². The first-order valence-corrected chi connectivity index (χ1v) is 7.59. The molecule has 2 aliphatic rings. The molecule has 5 nitrogen and oxygen atoms in total. The first kappa shape index (κ1) is 14.0. The van der Waals surface area contributed by atoms with Gasteiger partial charge in [-0.1, -0.05) is 5.16 Å². The number of aryl methyl sites for hydroxylation is 2. The number of aromatic nitrogens is 1. The average Bonchev–Trinajstić information content (AvgIpc) is 2.88. The summed E-state index contributed by atoms with van der Waals surface area (Å²) >= 11 is 0. The second kappa shape index (κ2) is 5.84. The van der Waals surface area contributed by atoms with Crippen LogP contribution in [0.4, 0.5) is 0 Å². The third kappa shape index (κ3) is 2.50. The minimum absolute atomic E-state index is 0.211. The molecule has 1 saturated heterocycles. The maximum Gasteiger partial charge on any atom is 0.138 e. The highest BCUT2D eigenvalue weighted by atomic mass is 16.5. The Hall–Kier alpha value is -0.910. The molecule has 2 bridgehead atoms. The third-order valence-electron chi connectivity index (χ3n) is 4.57. The van der Waals surface area contributed by atoms with Gasteiger partial charge in [-0.3, -0.25) is 4.90 Å². The molecule has 0 unspecified atom stereocenters. The van der Waals surface area contributed by atoms with E-state index in [4.69, 9.17) is 14.0 Å². The van der Waals surface area contributed by atoms with Gasteiger partial charge < -0.3 is 14.0 Å². The van der Waals surface area contributed by atoms with E-state index < -0.39 is 0 Å². The zero-order chi connectivity index (χ0) is 14.1. The Balaban J connectivity index is 1.78. The summed E-state index contributed by atoms with van der Waals surface area (Å²) in [6.45, 7) is 9.43. The molecule has 0 radical (unpaired) electrons. The molecule has 0 spiro atoms. The van der Waals surface area contributed by atoms with Crippen LogP contribution in [-0.4, -0.2) is 48.1 Å². The van der Waals surface area contributed by atoms with Crippen LogP contribution in [0, 0.1) is 13.8 Å². The van der Waals surface area contributed by atoms with Crippen LogP contribution in [0.15, 0.2) is 4.52 Å². The molecule has 2 heterocycles. The van der Waals surface area contributed by atoms with Crippen molar-refractivity contribution in [3.05, 3.63) is 17.0 Å². The summed E-state index contributed by atoms with van der Waals surface area (Å²) in [4.78, 5) is 2.49. The molecule has 0 aromatic carbocycles. The van der Waals surface area contributed by atoms with Crippen LogP contribution in [0.2, 0.25) is 0 Å². The first-order chi connectivity index (χ1) is 9.70. The van der Waals surface area contributed by atoms with Crippen molar-refractivity contribution in [2.24, 2.45) is 0 Å². The van der Waals surface area contributed by atoms with E-state index in [0.29, 0.717) is 6.04 Å². The Kier molecular flexibility index (Phi) is 4.10. The van der Waals surface area contributed by atoms with Crippen molar-refractivity contribution in [1.82, 2.24) is 10.1 Å². The van der Waals surface area contributed by atoms with Crippen LogP contribution in [0.3, 0.4) is 0 Å². The molecular weight excluding hydrogens is 256 g/mol. The van der Waals surface area contributed by atoms with E-state index in [1.807, 2.05) is 13.8 Å². The van der Waals surface area contributed by atoms with Crippen LogP contribution < -0.4 is 0 Å². The van der Waals surface area contributed by atoms with Gasteiger partial charge >= 0.3 is 0 Å². The van der Waals surface area contributed by atoms with E-state index in [0.717, 1.165) is 50.6 Å². The van der Waals surface area contributed by atoms with Crippen molar-refractivity contribution in [1.29, 1.82) is 0 Å². The highest BCUT2D eigenvalue weighted by Gasteiger charge is 2.43. The molecule has 1 saturated carbocycles. The second-order valence-electron chi connectivity index (χ2n) is 5.75. The molecule has 1 aromatic heterocycles. The number of nitrogens with zero attached hydrogens (tertiary/aromatic N) is 2. The van der Waals surface area contributed by atoms with Crippen molar-refractivity contribution in [3.63, 3.8) is 0 Å². The summed E-state index contributed by atoms with van der Waals surface area (Å²) < 4.78 is 17.2. The molecule has 1 aromatic rings. The lowest BCUT2D eigenvalue weighted by Crippen LogP contribution is -2.43. The minimum Gasteiger partial charge on any atom is -0.374 e. The average molecular weight is 280 g/mol. The molecule has 1 aliphatic heterocycles. The van der Waals surface area contributed by atoms with Crippen molar-refractivity contribution >= 4 is 0 Å². The predicted molar refractivity (Wildman–Crippen MR) is 74.6 cm³/mol. The number of hydrogen-bond donors (Lipinski definition) is 0. The van der Waals surface area contributed by atoms with Gasteiger partial charge in [-0.05, 0) is 33.6 Å². The smallest absolute Gasteiger partial charge is 0.138 e. The van der Waals surface area contributed by atoms with Gasteiger partial charge in [0, 0.05) is 31.3 Å². The number of hydrogen-bond acceptors (Lipinski definition) is 5. The third-order valence-corrected chi connectivity index (χ3v) is 4.57. The largest absolute Gasteiger partial charge is 0.374 e. The maximum absolute atomic E-state index is 5.96. The zero-order valence-corrected chi connectivity index (χ0v) is 12.6. The van der Waals surface area contributed by atoms with Gasteiger partial charge in [-0.2, -0.15) is 0 Å².